The number of hydrogen-bond donors (Lipinski definition) is 2. The van der Waals surface area contributed by atoms with Gasteiger partial charge in [0.15, 0.2) is 0 Å². The first kappa shape index (κ1) is 16.1. The highest BCUT2D eigenvalue weighted by atomic mass is 19.1. The van der Waals surface area contributed by atoms with Crippen molar-refractivity contribution in [2.24, 2.45) is 5.41 Å². The molecule has 1 aromatic rings. The van der Waals surface area contributed by atoms with Crippen molar-refractivity contribution < 1.29 is 23.5 Å². The van der Waals surface area contributed by atoms with Gasteiger partial charge in [-0.3, -0.25) is 9.78 Å². The molecule has 2 N–H and O–H groups in total. The molecular weight excluding hydrogens is 296 g/mol. The average molecular weight is 313 g/mol. The van der Waals surface area contributed by atoms with Crippen molar-refractivity contribution in [3.63, 3.8) is 0 Å². The maximum atomic E-state index is 13.6. The number of carbonyl (C=O) groups excluding carboxylic acids is 1. The topological polar surface area (TPSA) is 82.5 Å². The number of amides is 2. The second-order valence-corrected chi connectivity index (χ2v) is 5.73. The van der Waals surface area contributed by atoms with Crippen molar-refractivity contribution in [2.75, 3.05) is 13.1 Å². The molecule has 22 heavy (non-hydrogen) atoms. The van der Waals surface area contributed by atoms with E-state index < -0.39 is 35.1 Å². The number of rotatable bonds is 3. The van der Waals surface area contributed by atoms with Crippen molar-refractivity contribution in [2.45, 2.75) is 26.3 Å². The monoisotopic (exact) mass is 313 g/mol. The zero-order valence-electron chi connectivity index (χ0n) is 12.3. The number of hydrogen-bond acceptors (Lipinski definition) is 3. The maximum absolute atomic E-state index is 13.6. The van der Waals surface area contributed by atoms with Crippen molar-refractivity contribution >= 4 is 12.0 Å². The summed E-state index contributed by atoms with van der Waals surface area (Å²) < 4.78 is 27.2. The molecule has 2 atom stereocenters. The van der Waals surface area contributed by atoms with Gasteiger partial charge in [0, 0.05) is 18.7 Å². The highest BCUT2D eigenvalue weighted by Crippen LogP contribution is 2.30. The van der Waals surface area contributed by atoms with Gasteiger partial charge >= 0.3 is 12.0 Å². The fourth-order valence-corrected chi connectivity index (χ4v) is 2.49. The van der Waals surface area contributed by atoms with Crippen LogP contribution in [0.1, 0.15) is 31.9 Å². The second-order valence-electron chi connectivity index (χ2n) is 5.73. The fourth-order valence-electron chi connectivity index (χ4n) is 2.49. The van der Waals surface area contributed by atoms with Crippen LogP contribution in [0, 0.1) is 17.0 Å². The number of nitrogens with one attached hydrogen (secondary N) is 1. The van der Waals surface area contributed by atoms with Crippen LogP contribution in [-0.2, 0) is 4.79 Å². The molecule has 2 heterocycles. The van der Waals surface area contributed by atoms with Crippen LogP contribution in [-0.4, -0.2) is 40.1 Å². The smallest absolute Gasteiger partial charge is 0.317 e. The Kier molecular flexibility index (Phi) is 4.30. The summed E-state index contributed by atoms with van der Waals surface area (Å²) in [4.78, 5) is 28.0. The minimum Gasteiger partial charge on any atom is -0.481 e. The van der Waals surface area contributed by atoms with Crippen molar-refractivity contribution in [1.29, 1.82) is 0 Å². The Morgan fingerprint density at radius 1 is 1.41 bits per heavy atom. The van der Waals surface area contributed by atoms with E-state index in [0.717, 1.165) is 12.4 Å². The molecule has 6 nitrogen and oxygen atoms in total. The van der Waals surface area contributed by atoms with Gasteiger partial charge in [0.2, 0.25) is 0 Å². The largest absolute Gasteiger partial charge is 0.481 e. The van der Waals surface area contributed by atoms with Crippen LogP contribution in [0.2, 0.25) is 0 Å². The van der Waals surface area contributed by atoms with Gasteiger partial charge in [-0.15, -0.1) is 0 Å². The van der Waals surface area contributed by atoms with Gasteiger partial charge in [0.1, 0.15) is 11.6 Å². The predicted octanol–water partition coefficient (Wildman–Crippen LogP) is 1.93. The highest BCUT2D eigenvalue weighted by Gasteiger charge is 2.42. The van der Waals surface area contributed by atoms with Crippen LogP contribution in [0.3, 0.4) is 0 Å². The van der Waals surface area contributed by atoms with Crippen molar-refractivity contribution in [3.05, 3.63) is 29.6 Å². The Balaban J connectivity index is 2.05. The molecule has 0 saturated carbocycles. The average Bonchev–Trinajstić information content (AvgIpc) is 2.82. The third-order valence-corrected chi connectivity index (χ3v) is 3.94. The quantitative estimate of drug-likeness (QED) is 0.893. The Hall–Kier alpha value is -2.25. The molecule has 1 aliphatic heterocycles. The van der Waals surface area contributed by atoms with Gasteiger partial charge in [-0.05, 0) is 20.3 Å². The SMILES string of the molecule is CC(NC(=O)N1CCC(C)(C(=O)O)C1)c1c(F)cncc1F. The molecule has 2 unspecified atom stereocenters. The predicted molar refractivity (Wildman–Crippen MR) is 73.0 cm³/mol. The lowest BCUT2D eigenvalue weighted by molar-refractivity contribution is -0.147. The lowest BCUT2D eigenvalue weighted by Gasteiger charge is -2.23. The summed E-state index contributed by atoms with van der Waals surface area (Å²) in [6.07, 6.45) is 2.08. The zero-order chi connectivity index (χ0) is 16.5. The minimum absolute atomic E-state index is 0.0577. The van der Waals surface area contributed by atoms with E-state index in [1.165, 1.54) is 11.8 Å². The lowest BCUT2D eigenvalue weighted by atomic mass is 9.90. The van der Waals surface area contributed by atoms with E-state index >= 15 is 0 Å². The maximum Gasteiger partial charge on any atom is 0.317 e. The number of aromatic nitrogens is 1. The van der Waals surface area contributed by atoms with Crippen LogP contribution in [0.15, 0.2) is 12.4 Å². The molecule has 2 amide bonds. The zero-order valence-corrected chi connectivity index (χ0v) is 12.3. The number of carboxylic acids is 1. The second kappa shape index (κ2) is 5.86. The third kappa shape index (κ3) is 3.00. The molecule has 0 aliphatic carbocycles. The number of likely N-dealkylation sites (tertiary alicyclic amines) is 1. The number of aliphatic carboxylic acids is 1. The van der Waals surface area contributed by atoms with E-state index in [0.29, 0.717) is 6.42 Å². The fraction of sp³-hybridized carbons (Fsp3) is 0.500. The normalized spacial score (nSPS) is 22.5. The summed E-state index contributed by atoms with van der Waals surface area (Å²) in [7, 11) is 0. The summed E-state index contributed by atoms with van der Waals surface area (Å²) in [6, 6.07) is -1.44. The van der Waals surface area contributed by atoms with Gasteiger partial charge in [-0.2, -0.15) is 0 Å². The summed E-state index contributed by atoms with van der Waals surface area (Å²) in [5.41, 5.74) is -1.27. The Bertz CT molecular complexity index is 591. The first-order chi connectivity index (χ1) is 10.2. The standard InChI is InChI=1S/C14H17F2N3O3/c1-8(11-9(15)5-17-6-10(11)16)18-13(22)19-4-3-14(2,7-19)12(20)21/h5-6,8H,3-4,7H2,1-2H3,(H,18,22)(H,20,21). The highest BCUT2D eigenvalue weighted by molar-refractivity contribution is 5.79. The van der Waals surface area contributed by atoms with Crippen LogP contribution in [0.4, 0.5) is 13.6 Å². The Labute approximate surface area is 126 Å². The number of carboxylic acid groups (broad SMARTS) is 1. The molecule has 2 rings (SSSR count). The first-order valence-corrected chi connectivity index (χ1v) is 6.82. The lowest BCUT2D eigenvalue weighted by Crippen LogP contribution is -2.42. The Morgan fingerprint density at radius 3 is 2.50 bits per heavy atom. The molecule has 0 radical (unpaired) electrons. The number of carbonyl (C=O) groups is 2. The summed E-state index contributed by atoms with van der Waals surface area (Å²) in [6.45, 7) is 3.35. The van der Waals surface area contributed by atoms with Crippen molar-refractivity contribution in [1.82, 2.24) is 15.2 Å². The molecule has 1 aromatic heterocycles. The van der Waals surface area contributed by atoms with Crippen LogP contribution < -0.4 is 5.32 Å². The molecule has 1 aliphatic rings. The van der Waals surface area contributed by atoms with Crippen LogP contribution >= 0.6 is 0 Å². The number of urea groups is 1. The molecule has 0 aromatic carbocycles. The van der Waals surface area contributed by atoms with E-state index in [2.05, 4.69) is 10.3 Å². The number of nitrogens with zero attached hydrogens (tertiary/aromatic N) is 2. The molecule has 120 valence electrons. The van der Waals surface area contributed by atoms with E-state index in [1.54, 1.807) is 6.92 Å². The van der Waals surface area contributed by atoms with Gasteiger partial charge in [0.25, 0.3) is 0 Å². The van der Waals surface area contributed by atoms with E-state index in [4.69, 9.17) is 5.11 Å². The van der Waals surface area contributed by atoms with Crippen LogP contribution in [0.25, 0.3) is 0 Å². The first-order valence-electron chi connectivity index (χ1n) is 6.82. The molecule has 1 fully saturated rings. The molecular formula is C14H17F2N3O3. The minimum atomic E-state index is -0.992. The number of pyridine rings is 1. The van der Waals surface area contributed by atoms with Gasteiger partial charge in [-0.1, -0.05) is 0 Å². The van der Waals surface area contributed by atoms with Gasteiger partial charge < -0.3 is 15.3 Å². The van der Waals surface area contributed by atoms with Gasteiger partial charge in [0.05, 0.1) is 23.9 Å². The molecule has 0 spiro atoms. The van der Waals surface area contributed by atoms with Crippen LogP contribution in [0.5, 0.6) is 0 Å². The van der Waals surface area contributed by atoms with E-state index in [1.807, 2.05) is 0 Å². The molecule has 1 saturated heterocycles. The summed E-state index contributed by atoms with van der Waals surface area (Å²) >= 11 is 0. The van der Waals surface area contributed by atoms with Gasteiger partial charge in [-0.25, -0.2) is 13.6 Å². The molecule has 0 bridgehead atoms. The van der Waals surface area contributed by atoms with E-state index in [-0.39, 0.29) is 18.7 Å². The summed E-state index contributed by atoms with van der Waals surface area (Å²) in [5, 5.41) is 11.6. The Morgan fingerprint density at radius 2 is 2.00 bits per heavy atom. The number of halogens is 2. The summed E-state index contributed by atoms with van der Waals surface area (Å²) in [5.74, 6) is -2.66. The third-order valence-electron chi connectivity index (χ3n) is 3.94. The molecule has 8 heteroatoms. The van der Waals surface area contributed by atoms with Crippen molar-refractivity contribution in [3.8, 4) is 0 Å². The van der Waals surface area contributed by atoms with E-state index in [9.17, 15) is 18.4 Å².